The van der Waals surface area contributed by atoms with E-state index in [0.717, 1.165) is 6.42 Å². The average molecular weight is 696 g/mol. The fourth-order valence-corrected chi connectivity index (χ4v) is 195. The molecule has 4 nitrogen and oxygen atoms in total. The van der Waals surface area contributed by atoms with Gasteiger partial charge in [0.25, 0.3) is 11.9 Å². The zero-order valence-corrected chi connectivity index (χ0v) is 38.8. The van der Waals surface area contributed by atoms with Crippen molar-refractivity contribution in [2.24, 2.45) is 11.3 Å². The molecule has 1 unspecified atom stereocenters. The second kappa shape index (κ2) is 12.6. The molecule has 40 heavy (non-hydrogen) atoms. The first-order valence-corrected chi connectivity index (χ1v) is 46.4. The van der Waals surface area contributed by atoms with Crippen LogP contribution in [0.2, 0.25) is 118 Å². The van der Waals surface area contributed by atoms with E-state index in [4.69, 9.17) is 8.85 Å². The third-order valence-electron chi connectivity index (χ3n) is 8.75. The predicted molar refractivity (Wildman–Crippen MR) is 201 cm³/mol. The quantitative estimate of drug-likeness (QED) is 0.180. The van der Waals surface area contributed by atoms with Crippen LogP contribution in [0.4, 0.5) is 0 Å². The van der Waals surface area contributed by atoms with Crippen LogP contribution in [0.5, 0.6) is 0 Å². The molecule has 0 heterocycles. The standard InChI is InChI=1S/C28H70O4Si8/c1-28(2,3)24-25(27(30)32-40(36(13,14)15,37(16,17)18)38(19,20)21)22-23-26(29)31-39(33(4,5)6,34(7,8)9)35(10,11)12/h25H,22-24H2,1-21H3. The molecule has 238 valence electrons. The molecule has 0 saturated carbocycles. The summed E-state index contributed by atoms with van der Waals surface area (Å²) >= 11 is 0. The van der Waals surface area contributed by atoms with E-state index in [-0.39, 0.29) is 23.3 Å². The van der Waals surface area contributed by atoms with Crippen LogP contribution in [0.3, 0.4) is 0 Å². The van der Waals surface area contributed by atoms with Crippen molar-refractivity contribution in [1.29, 1.82) is 0 Å². The summed E-state index contributed by atoms with van der Waals surface area (Å²) in [6, 6.07) is 0. The number of carbonyl (C=O) groups excluding carboxylic acids is 2. The first-order valence-electron chi connectivity index (χ1n) is 15.5. The van der Waals surface area contributed by atoms with Gasteiger partial charge in [-0.2, -0.15) is 0 Å². The smallest absolute Gasteiger partial charge is 0.295 e. The van der Waals surface area contributed by atoms with Gasteiger partial charge < -0.3 is 8.85 Å². The van der Waals surface area contributed by atoms with Crippen molar-refractivity contribution in [3.63, 3.8) is 0 Å². The summed E-state index contributed by atoms with van der Waals surface area (Å²) in [4.78, 5) is 28.1. The van der Waals surface area contributed by atoms with Gasteiger partial charge >= 0.3 is 0 Å². The van der Waals surface area contributed by atoms with Crippen molar-refractivity contribution in [3.8, 4) is 0 Å². The maximum absolute atomic E-state index is 14.3. The first-order chi connectivity index (χ1) is 17.1. The van der Waals surface area contributed by atoms with E-state index in [1.807, 2.05) is 0 Å². The van der Waals surface area contributed by atoms with Crippen molar-refractivity contribution in [3.05, 3.63) is 0 Å². The molecule has 0 spiro atoms. The van der Waals surface area contributed by atoms with Crippen molar-refractivity contribution in [1.82, 2.24) is 0 Å². The van der Waals surface area contributed by atoms with E-state index in [9.17, 15) is 9.59 Å². The maximum atomic E-state index is 14.3. The van der Waals surface area contributed by atoms with Gasteiger partial charge in [-0.3, -0.25) is 9.59 Å². The Labute approximate surface area is 257 Å². The average Bonchev–Trinajstić information content (AvgIpc) is 2.59. The summed E-state index contributed by atoms with van der Waals surface area (Å²) < 4.78 is 14.0. The Kier molecular flexibility index (Phi) is 12.8. The van der Waals surface area contributed by atoms with Crippen LogP contribution in [-0.2, 0) is 18.4 Å². The largest absolute Gasteiger partial charge is 0.528 e. The molecule has 0 aliphatic heterocycles. The van der Waals surface area contributed by atoms with Gasteiger partial charge in [0.2, 0.25) is 13.7 Å². The number of rotatable bonds is 13. The first kappa shape index (κ1) is 40.7. The van der Waals surface area contributed by atoms with Crippen LogP contribution >= 0.6 is 0 Å². The topological polar surface area (TPSA) is 52.6 Å². The molecule has 0 radical (unpaired) electrons. The monoisotopic (exact) mass is 694 g/mol. The lowest BCUT2D eigenvalue weighted by Crippen LogP contribution is -2.84. The fraction of sp³-hybridized carbons (Fsp3) is 0.929. The molecule has 0 amide bonds. The molecule has 12 heteroatoms. The highest BCUT2D eigenvalue weighted by Crippen LogP contribution is 2.41. The van der Waals surface area contributed by atoms with Crippen LogP contribution < -0.4 is 0 Å². The van der Waals surface area contributed by atoms with Gasteiger partial charge in [-0.1, -0.05) is 139 Å². The highest BCUT2D eigenvalue weighted by molar-refractivity contribution is 7.88. The van der Waals surface area contributed by atoms with E-state index in [1.165, 1.54) is 0 Å². The molecule has 0 saturated heterocycles. The Bertz CT molecular complexity index is 815. The normalized spacial score (nSPS) is 16.0. The van der Waals surface area contributed by atoms with Crippen molar-refractivity contribution < 1.29 is 18.4 Å². The zero-order chi connectivity index (χ0) is 32.8. The number of hydrogen-bond donors (Lipinski definition) is 0. The van der Waals surface area contributed by atoms with Gasteiger partial charge in [-0.05, 0) is 18.3 Å². The Morgan fingerprint density at radius 1 is 0.525 bits per heavy atom. The van der Waals surface area contributed by atoms with E-state index in [0.29, 0.717) is 12.8 Å². The van der Waals surface area contributed by atoms with Crippen LogP contribution in [0.25, 0.3) is 0 Å². The summed E-state index contributed by atoms with van der Waals surface area (Å²) in [5, 5.41) is 0. The molecule has 0 N–H and O–H groups in total. The third-order valence-corrected chi connectivity index (χ3v) is 143. The molecular formula is C28H70O4Si8. The summed E-state index contributed by atoms with van der Waals surface area (Å²) in [5.41, 5.74) is -0.0250. The van der Waals surface area contributed by atoms with Gasteiger partial charge in [0.1, 0.15) is 0 Å². The summed E-state index contributed by atoms with van der Waals surface area (Å²) in [7, 11) is -10.5. The molecule has 0 aromatic heterocycles. The van der Waals surface area contributed by atoms with Crippen molar-refractivity contribution in [2.75, 3.05) is 0 Å². The van der Waals surface area contributed by atoms with Crippen LogP contribution in [-0.4, -0.2) is 71.2 Å². The lowest BCUT2D eigenvalue weighted by molar-refractivity contribution is -0.141. The highest BCUT2D eigenvalue weighted by Gasteiger charge is 2.67. The number of carbonyl (C=O) groups is 2. The fourth-order valence-electron chi connectivity index (χ4n) is 9.46. The zero-order valence-electron chi connectivity index (χ0n) is 30.8. The van der Waals surface area contributed by atoms with E-state index < -0.39 is 59.3 Å². The lowest BCUT2D eigenvalue weighted by Gasteiger charge is -2.55. The van der Waals surface area contributed by atoms with Gasteiger partial charge in [0.05, 0.1) is 51.5 Å². The lowest BCUT2D eigenvalue weighted by atomic mass is 9.83. The Balaban J connectivity index is 6.52. The molecular weight excluding hydrogens is 625 g/mol. The third kappa shape index (κ3) is 8.87. The Hall–Kier alpha value is 0.675. The van der Waals surface area contributed by atoms with Crippen LogP contribution in [0, 0.1) is 11.3 Å². The molecule has 0 rings (SSSR count). The summed E-state index contributed by atoms with van der Waals surface area (Å²) in [5.74, 6) is -0.314. The van der Waals surface area contributed by atoms with Gasteiger partial charge in [0, 0.05) is 6.42 Å². The summed E-state index contributed by atoms with van der Waals surface area (Å²) in [6.45, 7) is 46.1. The van der Waals surface area contributed by atoms with E-state index >= 15 is 0 Å². The SMILES string of the molecule is CC(C)(C)CC(CCC(=O)O[Si]([Si](C)(C)C)([Si](C)(C)C)[Si](C)(C)C)C(=O)O[Si]([Si](C)(C)C)([Si](C)(C)C)[Si](C)(C)C. The van der Waals surface area contributed by atoms with Crippen LogP contribution in [0.1, 0.15) is 40.0 Å². The van der Waals surface area contributed by atoms with Gasteiger partial charge in [-0.25, -0.2) is 0 Å². The second-order valence-electron chi connectivity index (χ2n) is 19.8. The van der Waals surface area contributed by atoms with E-state index in [2.05, 4.69) is 139 Å². The molecule has 0 aromatic carbocycles. The molecule has 0 aliphatic rings. The van der Waals surface area contributed by atoms with Crippen LogP contribution in [0.15, 0.2) is 0 Å². The second-order valence-corrected chi connectivity index (χ2v) is 98.6. The van der Waals surface area contributed by atoms with Crippen molar-refractivity contribution in [2.45, 2.75) is 158 Å². The van der Waals surface area contributed by atoms with Gasteiger partial charge in [0.15, 0.2) is 0 Å². The van der Waals surface area contributed by atoms with Gasteiger partial charge in [-0.15, -0.1) is 0 Å². The van der Waals surface area contributed by atoms with E-state index in [1.54, 1.807) is 0 Å². The highest BCUT2D eigenvalue weighted by atomic mass is 29.9. The number of hydrogen-bond acceptors (Lipinski definition) is 4. The van der Waals surface area contributed by atoms with Crippen molar-refractivity contribution >= 4 is 71.2 Å². The minimum absolute atomic E-state index is 0.00855. The Morgan fingerprint density at radius 3 is 1.05 bits per heavy atom. The summed E-state index contributed by atoms with van der Waals surface area (Å²) in [6.07, 6.45) is 1.60. The molecule has 0 aliphatic carbocycles. The Morgan fingerprint density at radius 2 is 0.800 bits per heavy atom. The predicted octanol–water partition coefficient (Wildman–Crippen LogP) is 9.30. The minimum atomic E-state index is -2.30. The maximum Gasteiger partial charge on any atom is 0.295 e. The molecule has 0 bridgehead atoms. The molecule has 1 atom stereocenters. The minimum Gasteiger partial charge on any atom is -0.528 e. The molecule has 0 fully saturated rings. The molecule has 0 aromatic rings.